The predicted octanol–water partition coefficient (Wildman–Crippen LogP) is 4.85. The zero-order valence-electron chi connectivity index (χ0n) is 9.62. The lowest BCUT2D eigenvalue weighted by Crippen LogP contribution is -2.23. The minimum Gasteiger partial charge on any atom is -0.381 e. The molecule has 1 N–H and O–H groups in total. The number of hydrogen-bond donors (Lipinski definition) is 1. The zero-order chi connectivity index (χ0) is 13.3. The van der Waals surface area contributed by atoms with E-state index in [4.69, 9.17) is 23.2 Å². The first-order chi connectivity index (χ1) is 8.43. The van der Waals surface area contributed by atoms with Crippen LogP contribution in [0.1, 0.15) is 18.1 Å². The SMILES string of the molecule is CC(O)(c1ccc(I)cc1)c1cccc(Cl)c1Cl. The fraction of sp³-hybridized carbons (Fsp3) is 0.143. The largest absolute Gasteiger partial charge is 0.381 e. The molecule has 1 atom stereocenters. The fourth-order valence-corrected chi connectivity index (χ4v) is 2.65. The van der Waals surface area contributed by atoms with E-state index in [2.05, 4.69) is 22.6 Å². The van der Waals surface area contributed by atoms with E-state index >= 15 is 0 Å². The van der Waals surface area contributed by atoms with E-state index < -0.39 is 5.60 Å². The van der Waals surface area contributed by atoms with Crippen molar-refractivity contribution in [3.05, 3.63) is 67.2 Å². The van der Waals surface area contributed by atoms with Crippen molar-refractivity contribution in [3.8, 4) is 0 Å². The summed E-state index contributed by atoms with van der Waals surface area (Å²) in [6.45, 7) is 1.72. The van der Waals surface area contributed by atoms with Crippen molar-refractivity contribution in [1.29, 1.82) is 0 Å². The van der Waals surface area contributed by atoms with Crippen molar-refractivity contribution in [3.63, 3.8) is 0 Å². The first-order valence-electron chi connectivity index (χ1n) is 5.36. The van der Waals surface area contributed by atoms with Gasteiger partial charge in [-0.25, -0.2) is 0 Å². The molecule has 18 heavy (non-hydrogen) atoms. The maximum absolute atomic E-state index is 10.7. The summed E-state index contributed by atoms with van der Waals surface area (Å²) in [6, 6.07) is 12.9. The number of halogens is 3. The first-order valence-corrected chi connectivity index (χ1v) is 7.19. The Hall–Kier alpha value is -0.290. The second-order valence-corrected chi connectivity index (χ2v) is 6.21. The van der Waals surface area contributed by atoms with Crippen molar-refractivity contribution in [2.75, 3.05) is 0 Å². The molecule has 0 spiro atoms. The van der Waals surface area contributed by atoms with Gasteiger partial charge in [-0.05, 0) is 53.3 Å². The quantitative estimate of drug-likeness (QED) is 0.724. The van der Waals surface area contributed by atoms with Gasteiger partial charge in [0.15, 0.2) is 0 Å². The summed E-state index contributed by atoms with van der Waals surface area (Å²) in [6.07, 6.45) is 0. The molecular formula is C14H11Cl2IO. The molecule has 1 nitrogen and oxygen atoms in total. The third kappa shape index (κ3) is 2.67. The Labute approximate surface area is 130 Å². The van der Waals surface area contributed by atoms with Crippen LogP contribution in [0.2, 0.25) is 10.0 Å². The Morgan fingerprint density at radius 3 is 2.28 bits per heavy atom. The normalized spacial score (nSPS) is 14.3. The van der Waals surface area contributed by atoms with Crippen LogP contribution in [0.3, 0.4) is 0 Å². The Bertz CT molecular complexity index is 565. The minimum atomic E-state index is -1.16. The Kier molecular flexibility index (Phi) is 4.22. The van der Waals surface area contributed by atoms with Gasteiger partial charge < -0.3 is 5.11 Å². The summed E-state index contributed by atoms with van der Waals surface area (Å²) in [7, 11) is 0. The van der Waals surface area contributed by atoms with Crippen LogP contribution in [0.15, 0.2) is 42.5 Å². The topological polar surface area (TPSA) is 20.2 Å². The smallest absolute Gasteiger partial charge is 0.113 e. The van der Waals surface area contributed by atoms with E-state index in [-0.39, 0.29) is 0 Å². The molecule has 2 aromatic rings. The molecule has 0 saturated heterocycles. The van der Waals surface area contributed by atoms with E-state index in [0.717, 1.165) is 9.13 Å². The van der Waals surface area contributed by atoms with Gasteiger partial charge in [0, 0.05) is 9.13 Å². The highest BCUT2D eigenvalue weighted by Crippen LogP contribution is 2.37. The highest BCUT2D eigenvalue weighted by atomic mass is 127. The average Bonchev–Trinajstić information content (AvgIpc) is 2.33. The van der Waals surface area contributed by atoms with Gasteiger partial charge in [-0.3, -0.25) is 0 Å². The summed E-state index contributed by atoms with van der Waals surface area (Å²) >= 11 is 14.4. The van der Waals surface area contributed by atoms with Crippen molar-refractivity contribution >= 4 is 45.8 Å². The van der Waals surface area contributed by atoms with Crippen LogP contribution >= 0.6 is 45.8 Å². The lowest BCUT2D eigenvalue weighted by molar-refractivity contribution is 0.102. The lowest BCUT2D eigenvalue weighted by Gasteiger charge is -2.26. The molecule has 0 bridgehead atoms. The number of benzene rings is 2. The van der Waals surface area contributed by atoms with Crippen molar-refractivity contribution in [2.24, 2.45) is 0 Å². The maximum atomic E-state index is 10.7. The molecule has 94 valence electrons. The van der Waals surface area contributed by atoms with Crippen molar-refractivity contribution < 1.29 is 5.11 Å². The van der Waals surface area contributed by atoms with Crippen LogP contribution in [0.4, 0.5) is 0 Å². The number of aliphatic hydroxyl groups is 1. The number of hydrogen-bond acceptors (Lipinski definition) is 1. The highest BCUT2D eigenvalue weighted by Gasteiger charge is 2.28. The first kappa shape index (κ1) is 14.1. The van der Waals surface area contributed by atoms with Gasteiger partial charge in [0.25, 0.3) is 0 Å². The van der Waals surface area contributed by atoms with Gasteiger partial charge in [-0.1, -0.05) is 47.5 Å². The third-order valence-corrected chi connectivity index (χ3v) is 4.42. The average molecular weight is 393 g/mol. The minimum absolute atomic E-state index is 0.391. The Balaban J connectivity index is 2.54. The van der Waals surface area contributed by atoms with Crippen LogP contribution in [-0.2, 0) is 5.60 Å². The van der Waals surface area contributed by atoms with E-state index in [0.29, 0.717) is 15.6 Å². The van der Waals surface area contributed by atoms with Crippen LogP contribution in [0, 0.1) is 3.57 Å². The van der Waals surface area contributed by atoms with Crippen LogP contribution in [-0.4, -0.2) is 5.11 Å². The molecule has 0 aliphatic rings. The molecule has 1 unspecified atom stereocenters. The summed E-state index contributed by atoms with van der Waals surface area (Å²) in [4.78, 5) is 0. The predicted molar refractivity (Wildman–Crippen MR) is 84.3 cm³/mol. The zero-order valence-corrected chi connectivity index (χ0v) is 13.3. The molecule has 0 fully saturated rings. The second kappa shape index (κ2) is 5.37. The third-order valence-electron chi connectivity index (χ3n) is 2.88. The highest BCUT2D eigenvalue weighted by molar-refractivity contribution is 14.1. The Morgan fingerprint density at radius 2 is 1.67 bits per heavy atom. The molecule has 2 rings (SSSR count). The van der Waals surface area contributed by atoms with E-state index in [1.165, 1.54) is 0 Å². The molecule has 0 aliphatic heterocycles. The van der Waals surface area contributed by atoms with Gasteiger partial charge in [0.05, 0.1) is 10.0 Å². The molecule has 2 aromatic carbocycles. The molecule has 0 aliphatic carbocycles. The van der Waals surface area contributed by atoms with E-state index in [9.17, 15) is 5.11 Å². The molecule has 0 aromatic heterocycles. The molecule has 0 heterocycles. The summed E-state index contributed by atoms with van der Waals surface area (Å²) in [5, 5.41) is 11.5. The second-order valence-electron chi connectivity index (χ2n) is 4.18. The standard InChI is InChI=1S/C14H11Cl2IO/c1-14(18,9-5-7-10(17)8-6-9)11-3-2-4-12(15)13(11)16/h2-8,18H,1H3. The van der Waals surface area contributed by atoms with Gasteiger partial charge in [0.1, 0.15) is 5.60 Å². The fourth-order valence-electron chi connectivity index (χ4n) is 1.81. The monoisotopic (exact) mass is 392 g/mol. The van der Waals surface area contributed by atoms with Gasteiger partial charge >= 0.3 is 0 Å². The molecule has 0 radical (unpaired) electrons. The van der Waals surface area contributed by atoms with Gasteiger partial charge in [0.2, 0.25) is 0 Å². The summed E-state index contributed by atoms with van der Waals surface area (Å²) < 4.78 is 1.12. The molecule has 0 saturated carbocycles. The molecule has 4 heteroatoms. The number of rotatable bonds is 2. The summed E-state index contributed by atoms with van der Waals surface area (Å²) in [5.74, 6) is 0. The van der Waals surface area contributed by atoms with Gasteiger partial charge in [-0.15, -0.1) is 0 Å². The maximum Gasteiger partial charge on any atom is 0.113 e. The van der Waals surface area contributed by atoms with Crippen molar-refractivity contribution in [2.45, 2.75) is 12.5 Å². The lowest BCUT2D eigenvalue weighted by atomic mass is 9.88. The van der Waals surface area contributed by atoms with Crippen LogP contribution < -0.4 is 0 Å². The van der Waals surface area contributed by atoms with Crippen LogP contribution in [0.5, 0.6) is 0 Å². The van der Waals surface area contributed by atoms with Crippen molar-refractivity contribution in [1.82, 2.24) is 0 Å². The van der Waals surface area contributed by atoms with Crippen LogP contribution in [0.25, 0.3) is 0 Å². The molecular weight excluding hydrogens is 382 g/mol. The molecule has 0 amide bonds. The van der Waals surface area contributed by atoms with Gasteiger partial charge in [-0.2, -0.15) is 0 Å². The summed E-state index contributed by atoms with van der Waals surface area (Å²) in [5.41, 5.74) is 0.233. The van der Waals surface area contributed by atoms with E-state index in [1.807, 2.05) is 24.3 Å². The Morgan fingerprint density at radius 1 is 1.06 bits per heavy atom. The van der Waals surface area contributed by atoms with E-state index in [1.54, 1.807) is 25.1 Å².